The predicted molar refractivity (Wildman–Crippen MR) is 87.7 cm³/mol. The largest absolute Gasteiger partial charge is 0.351 e. The number of nitrogens with one attached hydrogen (secondary N) is 2. The van der Waals surface area contributed by atoms with Crippen LogP contribution in [0.3, 0.4) is 0 Å². The van der Waals surface area contributed by atoms with Crippen LogP contribution in [-0.2, 0) is 4.79 Å². The second kappa shape index (κ2) is 8.55. The van der Waals surface area contributed by atoms with Crippen LogP contribution in [0.25, 0.3) is 0 Å². The highest BCUT2D eigenvalue weighted by atomic mass is 35.5. The molecule has 1 amide bonds. The van der Waals surface area contributed by atoms with E-state index in [1.807, 2.05) is 12.1 Å². The van der Waals surface area contributed by atoms with Crippen LogP contribution < -0.4 is 10.6 Å². The Morgan fingerprint density at radius 1 is 1.45 bits per heavy atom. The zero-order valence-corrected chi connectivity index (χ0v) is 13.7. The molecular weight excluding hydrogens is 292 g/mol. The summed E-state index contributed by atoms with van der Waals surface area (Å²) in [5.41, 5.74) is 1.23. The molecule has 1 heterocycles. The summed E-state index contributed by atoms with van der Waals surface area (Å²) in [6, 6.07) is 8.46. The van der Waals surface area contributed by atoms with Crippen molar-refractivity contribution in [3.05, 3.63) is 29.8 Å². The number of hydrogen-bond donors (Lipinski definition) is 2. The standard InChI is InChI=1S/C15H22N2OS.ClH/c1-11-7-8-16-9-13(11)17-15(18)10-19-14-6-4-3-5-12(14)2;/h3-6,11,13,16H,7-10H2,1-2H3,(H,17,18);1H. The summed E-state index contributed by atoms with van der Waals surface area (Å²) in [6.45, 7) is 6.24. The lowest BCUT2D eigenvalue weighted by molar-refractivity contribution is -0.119. The van der Waals surface area contributed by atoms with Crippen LogP contribution >= 0.6 is 24.2 Å². The van der Waals surface area contributed by atoms with Gasteiger partial charge in [-0.15, -0.1) is 24.2 Å². The summed E-state index contributed by atoms with van der Waals surface area (Å²) in [5.74, 6) is 1.19. The number of benzene rings is 1. The van der Waals surface area contributed by atoms with Gasteiger partial charge in [-0.25, -0.2) is 0 Å². The molecule has 1 aromatic carbocycles. The molecule has 1 aromatic rings. The zero-order chi connectivity index (χ0) is 13.7. The average Bonchev–Trinajstić information content (AvgIpc) is 2.40. The van der Waals surface area contributed by atoms with Gasteiger partial charge in [-0.1, -0.05) is 25.1 Å². The van der Waals surface area contributed by atoms with E-state index in [0.717, 1.165) is 19.5 Å². The first kappa shape index (κ1) is 17.3. The number of aryl methyl sites for hydroxylation is 1. The molecule has 1 aliphatic rings. The van der Waals surface area contributed by atoms with Crippen LogP contribution in [0.5, 0.6) is 0 Å². The van der Waals surface area contributed by atoms with Crippen molar-refractivity contribution in [2.24, 2.45) is 5.92 Å². The summed E-state index contributed by atoms with van der Waals surface area (Å²) < 4.78 is 0. The number of amides is 1. The predicted octanol–water partition coefficient (Wildman–Crippen LogP) is 2.62. The van der Waals surface area contributed by atoms with Crippen molar-refractivity contribution in [2.75, 3.05) is 18.8 Å². The maximum atomic E-state index is 12.0. The third-order valence-corrected chi connectivity index (χ3v) is 4.80. The van der Waals surface area contributed by atoms with Gasteiger partial charge in [0.25, 0.3) is 0 Å². The summed E-state index contributed by atoms with van der Waals surface area (Å²) >= 11 is 1.61. The second-order valence-corrected chi connectivity index (χ2v) is 6.22. The third kappa shape index (κ3) is 5.00. The molecule has 2 rings (SSSR count). The zero-order valence-electron chi connectivity index (χ0n) is 12.0. The van der Waals surface area contributed by atoms with Crippen molar-refractivity contribution in [3.8, 4) is 0 Å². The number of piperidine rings is 1. The van der Waals surface area contributed by atoms with Gasteiger partial charge in [-0.2, -0.15) is 0 Å². The van der Waals surface area contributed by atoms with E-state index in [1.165, 1.54) is 10.5 Å². The first-order valence-electron chi connectivity index (χ1n) is 6.85. The monoisotopic (exact) mass is 314 g/mol. The minimum Gasteiger partial charge on any atom is -0.351 e. The Hall–Kier alpha value is -0.710. The fourth-order valence-electron chi connectivity index (χ4n) is 2.29. The van der Waals surface area contributed by atoms with E-state index in [2.05, 4.69) is 36.6 Å². The van der Waals surface area contributed by atoms with Gasteiger partial charge < -0.3 is 10.6 Å². The second-order valence-electron chi connectivity index (χ2n) is 5.20. The molecule has 112 valence electrons. The van der Waals surface area contributed by atoms with Crippen molar-refractivity contribution in [2.45, 2.75) is 31.2 Å². The molecule has 2 N–H and O–H groups in total. The topological polar surface area (TPSA) is 41.1 Å². The smallest absolute Gasteiger partial charge is 0.230 e. The molecule has 1 fully saturated rings. The Balaban J connectivity index is 0.00000200. The Morgan fingerprint density at radius 2 is 2.20 bits per heavy atom. The number of carbonyl (C=O) groups is 1. The van der Waals surface area contributed by atoms with Crippen LogP contribution in [0.4, 0.5) is 0 Å². The van der Waals surface area contributed by atoms with Crippen LogP contribution in [0.1, 0.15) is 18.9 Å². The quantitative estimate of drug-likeness (QED) is 0.839. The van der Waals surface area contributed by atoms with Crippen molar-refractivity contribution in [1.82, 2.24) is 10.6 Å². The molecule has 5 heteroatoms. The third-order valence-electron chi connectivity index (χ3n) is 3.63. The highest BCUT2D eigenvalue weighted by Crippen LogP contribution is 2.21. The van der Waals surface area contributed by atoms with Gasteiger partial charge in [0.15, 0.2) is 0 Å². The molecular formula is C15H23ClN2OS. The van der Waals surface area contributed by atoms with Crippen LogP contribution in [0.2, 0.25) is 0 Å². The number of thioether (sulfide) groups is 1. The molecule has 0 spiro atoms. The van der Waals surface area contributed by atoms with Gasteiger partial charge in [0.1, 0.15) is 0 Å². The minimum atomic E-state index is 0. The molecule has 20 heavy (non-hydrogen) atoms. The summed E-state index contributed by atoms with van der Waals surface area (Å²) in [6.07, 6.45) is 1.13. The number of hydrogen-bond acceptors (Lipinski definition) is 3. The molecule has 0 saturated carbocycles. The van der Waals surface area contributed by atoms with Crippen molar-refractivity contribution >= 4 is 30.1 Å². The molecule has 0 aromatic heterocycles. The molecule has 1 aliphatic heterocycles. The highest BCUT2D eigenvalue weighted by molar-refractivity contribution is 8.00. The Bertz CT molecular complexity index is 442. The first-order chi connectivity index (χ1) is 9.16. The lowest BCUT2D eigenvalue weighted by atomic mass is 9.95. The van der Waals surface area contributed by atoms with E-state index in [4.69, 9.17) is 0 Å². The number of halogens is 1. The lowest BCUT2D eigenvalue weighted by Gasteiger charge is -2.30. The van der Waals surface area contributed by atoms with E-state index in [-0.39, 0.29) is 24.4 Å². The Kier molecular flexibility index (Phi) is 7.41. The molecule has 3 nitrogen and oxygen atoms in total. The van der Waals surface area contributed by atoms with E-state index >= 15 is 0 Å². The summed E-state index contributed by atoms with van der Waals surface area (Å²) in [5, 5.41) is 6.47. The van der Waals surface area contributed by atoms with Crippen LogP contribution in [-0.4, -0.2) is 30.8 Å². The van der Waals surface area contributed by atoms with Crippen molar-refractivity contribution < 1.29 is 4.79 Å². The van der Waals surface area contributed by atoms with Gasteiger partial charge in [0, 0.05) is 17.5 Å². The molecule has 0 aliphatic carbocycles. The van der Waals surface area contributed by atoms with Crippen molar-refractivity contribution in [3.63, 3.8) is 0 Å². The lowest BCUT2D eigenvalue weighted by Crippen LogP contribution is -2.50. The maximum absolute atomic E-state index is 12.0. The number of carbonyl (C=O) groups excluding carboxylic acids is 1. The first-order valence-corrected chi connectivity index (χ1v) is 7.84. The number of rotatable bonds is 4. The highest BCUT2D eigenvalue weighted by Gasteiger charge is 2.22. The van der Waals surface area contributed by atoms with E-state index in [1.54, 1.807) is 11.8 Å². The summed E-state index contributed by atoms with van der Waals surface area (Å²) in [7, 11) is 0. The van der Waals surface area contributed by atoms with E-state index in [9.17, 15) is 4.79 Å². The molecule has 2 atom stereocenters. The maximum Gasteiger partial charge on any atom is 0.230 e. The summed E-state index contributed by atoms with van der Waals surface area (Å²) in [4.78, 5) is 13.2. The minimum absolute atomic E-state index is 0. The SMILES string of the molecule is Cc1ccccc1SCC(=O)NC1CNCCC1C.Cl. The Morgan fingerprint density at radius 3 is 2.90 bits per heavy atom. The molecule has 2 unspecified atom stereocenters. The Labute approximate surface area is 131 Å². The fraction of sp³-hybridized carbons (Fsp3) is 0.533. The van der Waals surface area contributed by atoms with Gasteiger partial charge in [0.2, 0.25) is 5.91 Å². The molecule has 0 bridgehead atoms. The normalized spacial score (nSPS) is 21.9. The average molecular weight is 315 g/mol. The van der Waals surface area contributed by atoms with E-state index in [0.29, 0.717) is 11.7 Å². The van der Waals surface area contributed by atoms with Gasteiger partial charge in [-0.3, -0.25) is 4.79 Å². The van der Waals surface area contributed by atoms with Gasteiger partial charge in [-0.05, 0) is 37.4 Å². The fourth-order valence-corrected chi connectivity index (χ4v) is 3.13. The van der Waals surface area contributed by atoms with Crippen LogP contribution in [0.15, 0.2) is 29.2 Å². The van der Waals surface area contributed by atoms with Gasteiger partial charge in [0.05, 0.1) is 5.75 Å². The van der Waals surface area contributed by atoms with E-state index < -0.39 is 0 Å². The van der Waals surface area contributed by atoms with Gasteiger partial charge >= 0.3 is 0 Å². The van der Waals surface area contributed by atoms with Crippen LogP contribution in [0, 0.1) is 12.8 Å². The molecule has 1 saturated heterocycles. The van der Waals surface area contributed by atoms with Crippen molar-refractivity contribution in [1.29, 1.82) is 0 Å². The molecule has 0 radical (unpaired) electrons.